The first-order valence-corrected chi connectivity index (χ1v) is 5.01. The summed E-state index contributed by atoms with van der Waals surface area (Å²) < 4.78 is 0. The number of aryl methyl sites for hydroxylation is 2. The van der Waals surface area contributed by atoms with Crippen molar-refractivity contribution < 1.29 is 10.2 Å². The van der Waals surface area contributed by atoms with E-state index in [1.165, 1.54) is 4.88 Å². The van der Waals surface area contributed by atoms with Crippen LogP contribution in [0.4, 0.5) is 0 Å². The van der Waals surface area contributed by atoms with Crippen LogP contribution in [0.3, 0.4) is 0 Å². The van der Waals surface area contributed by atoms with Crippen molar-refractivity contribution in [3.05, 3.63) is 21.4 Å². The van der Waals surface area contributed by atoms with Crippen molar-refractivity contribution in [3.63, 3.8) is 0 Å². The van der Waals surface area contributed by atoms with Gasteiger partial charge in [-0.2, -0.15) is 0 Å². The van der Waals surface area contributed by atoms with Gasteiger partial charge in [0.15, 0.2) is 0 Å². The highest BCUT2D eigenvalue weighted by Gasteiger charge is 2.28. The normalized spacial score (nSPS) is 28.6. The molecule has 1 heterocycles. The van der Waals surface area contributed by atoms with Crippen LogP contribution >= 0.6 is 11.3 Å². The van der Waals surface area contributed by atoms with E-state index in [-0.39, 0.29) is 0 Å². The Balaban J connectivity index is 2.45. The molecular formula is C9H12O2S. The molecule has 1 aromatic heterocycles. The molecule has 0 saturated carbocycles. The number of thiophene rings is 1. The molecule has 0 radical (unpaired) electrons. The summed E-state index contributed by atoms with van der Waals surface area (Å²) in [5.41, 5.74) is 2.08. The number of rotatable bonds is 0. The van der Waals surface area contributed by atoms with Crippen LogP contribution in [0.2, 0.25) is 0 Å². The average molecular weight is 184 g/mol. The standard InChI is InChI=1S/C9H12O2S/c1-5-4-12-7-3-2-6(10)9(11)8(5)7/h4,6,9-11H,2-3H2,1H3. The van der Waals surface area contributed by atoms with Crippen LogP contribution in [0.25, 0.3) is 0 Å². The van der Waals surface area contributed by atoms with Crippen LogP contribution in [-0.2, 0) is 6.42 Å². The van der Waals surface area contributed by atoms with Gasteiger partial charge in [0.25, 0.3) is 0 Å². The summed E-state index contributed by atoms with van der Waals surface area (Å²) >= 11 is 1.69. The lowest BCUT2D eigenvalue weighted by Crippen LogP contribution is -2.24. The Labute approximate surface area is 75.5 Å². The van der Waals surface area contributed by atoms with Gasteiger partial charge in [-0.15, -0.1) is 11.3 Å². The zero-order valence-corrected chi connectivity index (χ0v) is 7.77. The van der Waals surface area contributed by atoms with Crippen LogP contribution in [0.15, 0.2) is 5.38 Å². The summed E-state index contributed by atoms with van der Waals surface area (Å²) in [4.78, 5) is 1.24. The van der Waals surface area contributed by atoms with Gasteiger partial charge in [0.1, 0.15) is 6.10 Å². The zero-order valence-electron chi connectivity index (χ0n) is 6.95. The number of hydrogen-bond acceptors (Lipinski definition) is 3. The molecule has 66 valence electrons. The van der Waals surface area contributed by atoms with Gasteiger partial charge < -0.3 is 10.2 Å². The van der Waals surface area contributed by atoms with E-state index in [9.17, 15) is 10.2 Å². The van der Waals surface area contributed by atoms with Crippen LogP contribution in [-0.4, -0.2) is 16.3 Å². The van der Waals surface area contributed by atoms with Crippen LogP contribution in [0.1, 0.15) is 28.5 Å². The molecule has 2 nitrogen and oxygen atoms in total. The van der Waals surface area contributed by atoms with Gasteiger partial charge in [0, 0.05) is 4.88 Å². The summed E-state index contributed by atoms with van der Waals surface area (Å²) in [6.07, 6.45) is 0.381. The second-order valence-electron chi connectivity index (χ2n) is 3.31. The van der Waals surface area contributed by atoms with Crippen molar-refractivity contribution in [1.82, 2.24) is 0 Å². The fraction of sp³-hybridized carbons (Fsp3) is 0.556. The third-order valence-electron chi connectivity index (χ3n) is 2.43. The highest BCUT2D eigenvalue weighted by Crippen LogP contribution is 2.36. The molecule has 1 aromatic rings. The van der Waals surface area contributed by atoms with Gasteiger partial charge in [0.2, 0.25) is 0 Å². The SMILES string of the molecule is Cc1csc2c1C(O)C(O)CC2. The number of hydrogen-bond donors (Lipinski definition) is 2. The van der Waals surface area contributed by atoms with Gasteiger partial charge in [-0.25, -0.2) is 0 Å². The van der Waals surface area contributed by atoms with Crippen LogP contribution < -0.4 is 0 Å². The fourth-order valence-electron chi connectivity index (χ4n) is 1.73. The molecule has 0 aromatic carbocycles. The Morgan fingerprint density at radius 1 is 1.50 bits per heavy atom. The van der Waals surface area contributed by atoms with Crippen molar-refractivity contribution in [1.29, 1.82) is 0 Å². The Hall–Kier alpha value is -0.380. The molecule has 0 aliphatic heterocycles. The third kappa shape index (κ3) is 1.09. The van der Waals surface area contributed by atoms with E-state index >= 15 is 0 Å². The first kappa shape index (κ1) is 8.23. The Bertz CT molecular complexity index is 293. The van der Waals surface area contributed by atoms with Gasteiger partial charge in [-0.3, -0.25) is 0 Å². The minimum absolute atomic E-state index is 0.564. The molecule has 1 aliphatic rings. The molecule has 0 spiro atoms. The van der Waals surface area contributed by atoms with Gasteiger partial charge >= 0.3 is 0 Å². The molecule has 0 saturated heterocycles. The molecular weight excluding hydrogens is 172 g/mol. The summed E-state index contributed by atoms with van der Waals surface area (Å²) in [6.45, 7) is 1.98. The highest BCUT2D eigenvalue weighted by atomic mass is 32.1. The molecule has 3 heteroatoms. The molecule has 2 unspecified atom stereocenters. The Kier molecular flexibility index (Phi) is 1.94. The summed E-state index contributed by atoms with van der Waals surface area (Å²) in [5.74, 6) is 0. The Morgan fingerprint density at radius 3 is 3.00 bits per heavy atom. The summed E-state index contributed by atoms with van der Waals surface area (Å²) in [5, 5.41) is 21.1. The topological polar surface area (TPSA) is 40.5 Å². The number of fused-ring (bicyclic) bond motifs is 1. The molecule has 0 amide bonds. The molecule has 0 bridgehead atoms. The monoisotopic (exact) mass is 184 g/mol. The minimum atomic E-state index is -0.653. The quantitative estimate of drug-likeness (QED) is 0.640. The van der Waals surface area contributed by atoms with Gasteiger partial charge in [0.05, 0.1) is 6.10 Å². The van der Waals surface area contributed by atoms with E-state index < -0.39 is 12.2 Å². The van der Waals surface area contributed by atoms with Crippen molar-refractivity contribution >= 4 is 11.3 Å². The lowest BCUT2D eigenvalue weighted by Gasteiger charge is -2.24. The van der Waals surface area contributed by atoms with E-state index in [1.54, 1.807) is 11.3 Å². The molecule has 0 fully saturated rings. The zero-order chi connectivity index (χ0) is 8.72. The van der Waals surface area contributed by atoms with Crippen molar-refractivity contribution in [2.75, 3.05) is 0 Å². The maximum atomic E-state index is 9.66. The van der Waals surface area contributed by atoms with Gasteiger partial charge in [-0.1, -0.05) is 0 Å². The first-order chi connectivity index (χ1) is 5.70. The van der Waals surface area contributed by atoms with Crippen molar-refractivity contribution in [3.8, 4) is 0 Å². The van der Waals surface area contributed by atoms with Crippen LogP contribution in [0.5, 0.6) is 0 Å². The van der Waals surface area contributed by atoms with E-state index in [2.05, 4.69) is 0 Å². The summed E-state index contributed by atoms with van der Waals surface area (Å²) in [6, 6.07) is 0. The number of aliphatic hydroxyl groups is 2. The van der Waals surface area contributed by atoms with E-state index in [0.29, 0.717) is 6.42 Å². The minimum Gasteiger partial charge on any atom is -0.390 e. The second kappa shape index (κ2) is 2.83. The van der Waals surface area contributed by atoms with E-state index in [4.69, 9.17) is 0 Å². The predicted octanol–water partition coefficient (Wildman–Crippen LogP) is 1.40. The van der Waals surface area contributed by atoms with Crippen molar-refractivity contribution in [2.24, 2.45) is 0 Å². The molecule has 12 heavy (non-hydrogen) atoms. The second-order valence-corrected chi connectivity index (χ2v) is 4.27. The molecule has 1 aliphatic carbocycles. The van der Waals surface area contributed by atoms with Crippen molar-refractivity contribution in [2.45, 2.75) is 32.0 Å². The smallest absolute Gasteiger partial charge is 0.106 e. The molecule has 2 N–H and O–H groups in total. The summed E-state index contributed by atoms with van der Waals surface area (Å²) in [7, 11) is 0. The van der Waals surface area contributed by atoms with Crippen LogP contribution in [0, 0.1) is 6.92 Å². The van der Waals surface area contributed by atoms with E-state index in [1.807, 2.05) is 12.3 Å². The average Bonchev–Trinajstić information content (AvgIpc) is 2.41. The highest BCUT2D eigenvalue weighted by molar-refractivity contribution is 7.10. The molecule has 2 atom stereocenters. The number of aliphatic hydroxyl groups excluding tert-OH is 2. The predicted molar refractivity (Wildman–Crippen MR) is 48.3 cm³/mol. The van der Waals surface area contributed by atoms with E-state index in [0.717, 1.165) is 17.5 Å². The molecule has 2 rings (SSSR count). The fourth-order valence-corrected chi connectivity index (χ4v) is 2.82. The lowest BCUT2D eigenvalue weighted by atomic mass is 9.91. The first-order valence-electron chi connectivity index (χ1n) is 4.13. The third-order valence-corrected chi connectivity index (χ3v) is 3.61. The maximum Gasteiger partial charge on any atom is 0.106 e. The largest absolute Gasteiger partial charge is 0.390 e. The Morgan fingerprint density at radius 2 is 2.25 bits per heavy atom. The lowest BCUT2D eigenvalue weighted by molar-refractivity contribution is 0.00688. The maximum absolute atomic E-state index is 9.66. The van der Waals surface area contributed by atoms with Gasteiger partial charge in [-0.05, 0) is 36.3 Å².